The Labute approximate surface area is 193 Å². The minimum atomic E-state index is -0.384. The fraction of sp³-hybridized carbons (Fsp3) is 0.259. The largest absolute Gasteiger partial charge is 0.331 e. The molecule has 0 saturated heterocycles. The van der Waals surface area contributed by atoms with E-state index in [1.54, 1.807) is 0 Å². The number of amides is 2. The summed E-state index contributed by atoms with van der Waals surface area (Å²) in [5.41, 5.74) is 8.76. The quantitative estimate of drug-likeness (QED) is 0.561. The van der Waals surface area contributed by atoms with Crippen molar-refractivity contribution in [3.05, 3.63) is 101 Å². The zero-order valence-corrected chi connectivity index (χ0v) is 18.4. The van der Waals surface area contributed by atoms with Crippen LogP contribution in [0.1, 0.15) is 52.0 Å². The maximum Gasteiger partial charge on any atom is 0.255 e. The summed E-state index contributed by atoms with van der Waals surface area (Å²) in [6.45, 7) is 0.486. The van der Waals surface area contributed by atoms with Gasteiger partial charge in [0.15, 0.2) is 0 Å². The normalized spacial score (nSPS) is 17.9. The number of nitrogens with one attached hydrogen (secondary N) is 1. The summed E-state index contributed by atoms with van der Waals surface area (Å²) in [5.74, 6) is -0.669. The van der Waals surface area contributed by atoms with Crippen LogP contribution in [0.4, 0.5) is 10.1 Å². The predicted octanol–water partition coefficient (Wildman–Crippen LogP) is 4.99. The lowest BCUT2D eigenvalue weighted by Gasteiger charge is -2.36. The number of anilines is 1. The second-order valence-electron chi connectivity index (χ2n) is 8.53. The molecule has 6 heteroatoms. The van der Waals surface area contributed by atoms with Crippen molar-refractivity contribution >= 4 is 17.5 Å². The highest BCUT2D eigenvalue weighted by Gasteiger charge is 2.28. The Morgan fingerprint density at radius 1 is 0.848 bits per heavy atom. The Morgan fingerprint density at radius 3 is 2.12 bits per heavy atom. The Morgan fingerprint density at radius 2 is 1.48 bits per heavy atom. The van der Waals surface area contributed by atoms with Gasteiger partial charge >= 0.3 is 0 Å². The first-order valence-corrected chi connectivity index (χ1v) is 11.3. The molecule has 2 amide bonds. The molecule has 1 aliphatic carbocycles. The molecule has 1 saturated carbocycles. The van der Waals surface area contributed by atoms with E-state index in [1.165, 1.54) is 24.3 Å². The van der Waals surface area contributed by atoms with Gasteiger partial charge in [0.05, 0.1) is 0 Å². The third kappa shape index (κ3) is 5.84. The molecule has 0 atom stereocenters. The lowest BCUT2D eigenvalue weighted by Crippen LogP contribution is -2.43. The molecule has 0 bridgehead atoms. The SMILES string of the molecule is NC1CCC(N(Cc2ccc(NC(=O)c3ccc(F)cc3)cc2)C(=O)c2ccccc2)CC1. The Bertz CT molecular complexity index is 1080. The van der Waals surface area contributed by atoms with E-state index in [1.807, 2.05) is 59.5 Å². The van der Waals surface area contributed by atoms with Gasteiger partial charge in [0.25, 0.3) is 11.8 Å². The van der Waals surface area contributed by atoms with Crippen molar-refractivity contribution < 1.29 is 14.0 Å². The molecule has 5 nitrogen and oxygen atoms in total. The lowest BCUT2D eigenvalue weighted by atomic mass is 9.90. The van der Waals surface area contributed by atoms with E-state index >= 15 is 0 Å². The molecule has 1 aliphatic rings. The number of carbonyl (C=O) groups excluding carboxylic acids is 2. The number of hydrogen-bond donors (Lipinski definition) is 2. The van der Waals surface area contributed by atoms with Crippen molar-refractivity contribution in [3.8, 4) is 0 Å². The first-order valence-electron chi connectivity index (χ1n) is 11.3. The van der Waals surface area contributed by atoms with Crippen LogP contribution in [0, 0.1) is 5.82 Å². The van der Waals surface area contributed by atoms with Crippen molar-refractivity contribution in [1.82, 2.24) is 4.90 Å². The summed E-state index contributed by atoms with van der Waals surface area (Å²) >= 11 is 0. The molecule has 0 aromatic heterocycles. The number of nitrogens with two attached hydrogens (primary N) is 1. The van der Waals surface area contributed by atoms with Gasteiger partial charge in [-0.15, -0.1) is 0 Å². The number of halogens is 1. The molecule has 0 heterocycles. The van der Waals surface area contributed by atoms with Gasteiger partial charge < -0.3 is 16.0 Å². The second-order valence-corrected chi connectivity index (χ2v) is 8.53. The Hall–Kier alpha value is -3.51. The third-order valence-corrected chi connectivity index (χ3v) is 6.13. The molecule has 0 spiro atoms. The van der Waals surface area contributed by atoms with Crippen LogP contribution in [0.15, 0.2) is 78.9 Å². The van der Waals surface area contributed by atoms with Crippen molar-refractivity contribution in [2.24, 2.45) is 5.73 Å². The molecule has 0 unspecified atom stereocenters. The van der Waals surface area contributed by atoms with Crippen molar-refractivity contribution in [2.45, 2.75) is 44.3 Å². The number of carbonyl (C=O) groups is 2. The van der Waals surface area contributed by atoms with Gasteiger partial charge in [0.2, 0.25) is 0 Å². The molecule has 0 radical (unpaired) electrons. The van der Waals surface area contributed by atoms with E-state index in [-0.39, 0.29) is 29.7 Å². The van der Waals surface area contributed by atoms with Crippen LogP contribution in [0.25, 0.3) is 0 Å². The molecule has 0 aliphatic heterocycles. The van der Waals surface area contributed by atoms with Crippen LogP contribution < -0.4 is 11.1 Å². The molecule has 170 valence electrons. The van der Waals surface area contributed by atoms with Crippen molar-refractivity contribution in [2.75, 3.05) is 5.32 Å². The molecule has 3 aromatic carbocycles. The van der Waals surface area contributed by atoms with Gasteiger partial charge in [-0.05, 0) is 79.8 Å². The molecule has 33 heavy (non-hydrogen) atoms. The summed E-state index contributed by atoms with van der Waals surface area (Å²) in [7, 11) is 0. The van der Waals surface area contributed by atoms with E-state index in [4.69, 9.17) is 5.73 Å². The van der Waals surface area contributed by atoms with E-state index in [0.29, 0.717) is 23.4 Å². The monoisotopic (exact) mass is 445 g/mol. The summed E-state index contributed by atoms with van der Waals surface area (Å²) in [6.07, 6.45) is 3.62. The topological polar surface area (TPSA) is 75.4 Å². The van der Waals surface area contributed by atoms with Crippen LogP contribution >= 0.6 is 0 Å². The highest BCUT2D eigenvalue weighted by atomic mass is 19.1. The van der Waals surface area contributed by atoms with Crippen LogP contribution in [-0.2, 0) is 6.54 Å². The second kappa shape index (κ2) is 10.4. The smallest absolute Gasteiger partial charge is 0.255 e. The summed E-state index contributed by atoms with van der Waals surface area (Å²) < 4.78 is 13.1. The van der Waals surface area contributed by atoms with E-state index < -0.39 is 0 Å². The minimum absolute atomic E-state index is 0.0183. The fourth-order valence-electron chi connectivity index (χ4n) is 4.22. The molecular formula is C27H28FN3O2. The van der Waals surface area contributed by atoms with Crippen LogP contribution in [0.3, 0.4) is 0 Å². The number of nitrogens with zero attached hydrogens (tertiary/aromatic N) is 1. The van der Waals surface area contributed by atoms with Crippen LogP contribution in [0.2, 0.25) is 0 Å². The van der Waals surface area contributed by atoms with E-state index in [9.17, 15) is 14.0 Å². The summed E-state index contributed by atoms with van der Waals surface area (Å²) in [6, 6.07) is 22.6. The van der Waals surface area contributed by atoms with Gasteiger partial charge in [0.1, 0.15) is 5.82 Å². The van der Waals surface area contributed by atoms with Gasteiger partial charge in [0, 0.05) is 35.4 Å². The lowest BCUT2D eigenvalue weighted by molar-refractivity contribution is 0.0606. The maximum atomic E-state index is 13.3. The molecular weight excluding hydrogens is 417 g/mol. The average molecular weight is 446 g/mol. The zero-order chi connectivity index (χ0) is 23.2. The molecule has 3 N–H and O–H groups in total. The highest BCUT2D eigenvalue weighted by molar-refractivity contribution is 6.04. The average Bonchev–Trinajstić information content (AvgIpc) is 2.85. The fourth-order valence-corrected chi connectivity index (χ4v) is 4.22. The number of rotatable bonds is 6. The van der Waals surface area contributed by atoms with E-state index in [0.717, 1.165) is 31.2 Å². The summed E-state index contributed by atoms with van der Waals surface area (Å²) in [4.78, 5) is 27.7. The predicted molar refractivity (Wildman–Crippen MR) is 127 cm³/mol. The maximum absolute atomic E-state index is 13.3. The molecule has 1 fully saturated rings. The van der Waals surface area contributed by atoms with Gasteiger partial charge in [-0.1, -0.05) is 30.3 Å². The first kappa shape index (κ1) is 22.7. The highest BCUT2D eigenvalue weighted by Crippen LogP contribution is 2.26. The molecule has 4 rings (SSSR count). The first-order chi connectivity index (χ1) is 16.0. The van der Waals surface area contributed by atoms with Crippen molar-refractivity contribution in [3.63, 3.8) is 0 Å². The summed E-state index contributed by atoms with van der Waals surface area (Å²) in [5, 5.41) is 2.82. The van der Waals surface area contributed by atoms with Crippen LogP contribution in [0.5, 0.6) is 0 Å². The Kier molecular flexibility index (Phi) is 7.15. The zero-order valence-electron chi connectivity index (χ0n) is 18.4. The minimum Gasteiger partial charge on any atom is -0.331 e. The van der Waals surface area contributed by atoms with Crippen molar-refractivity contribution in [1.29, 1.82) is 0 Å². The number of benzene rings is 3. The Balaban J connectivity index is 1.47. The van der Waals surface area contributed by atoms with E-state index in [2.05, 4.69) is 5.32 Å². The van der Waals surface area contributed by atoms with Crippen LogP contribution in [-0.4, -0.2) is 28.8 Å². The van der Waals surface area contributed by atoms with Gasteiger partial charge in [-0.25, -0.2) is 4.39 Å². The standard InChI is InChI=1S/C27H28FN3O2/c28-22-10-8-20(9-11-22)26(32)30-24-14-6-19(7-15-24)18-31(25-16-12-23(29)13-17-25)27(33)21-4-2-1-3-5-21/h1-11,14-15,23,25H,12-13,16-18,29H2,(H,30,32). The molecule has 3 aromatic rings. The van der Waals surface area contributed by atoms with Gasteiger partial charge in [-0.3, -0.25) is 9.59 Å². The van der Waals surface area contributed by atoms with Gasteiger partial charge in [-0.2, -0.15) is 0 Å². The third-order valence-electron chi connectivity index (χ3n) is 6.13. The number of hydrogen-bond acceptors (Lipinski definition) is 3.